The second-order valence-corrected chi connectivity index (χ2v) is 3.27. The van der Waals surface area contributed by atoms with Crippen molar-refractivity contribution in [1.82, 2.24) is 4.68 Å². The molecule has 0 saturated carbocycles. The van der Waals surface area contributed by atoms with Gasteiger partial charge in [-0.05, 0) is 12.1 Å². The van der Waals surface area contributed by atoms with Gasteiger partial charge in [-0.3, -0.25) is 9.23 Å². The van der Waals surface area contributed by atoms with E-state index in [9.17, 15) is 4.21 Å². The van der Waals surface area contributed by atoms with E-state index in [-0.39, 0.29) is 0 Å². The Balaban J connectivity index is 2.51. The molecule has 13 heavy (non-hydrogen) atoms. The van der Waals surface area contributed by atoms with Gasteiger partial charge >= 0.3 is 0 Å². The Morgan fingerprint density at radius 1 is 1.31 bits per heavy atom. The maximum absolute atomic E-state index is 10.5. The van der Waals surface area contributed by atoms with Gasteiger partial charge in [-0.2, -0.15) is 0 Å². The molecule has 2 N–H and O–H groups in total. The van der Waals surface area contributed by atoms with Crippen LogP contribution in [0.2, 0.25) is 0 Å². The van der Waals surface area contributed by atoms with Crippen molar-refractivity contribution in [2.75, 3.05) is 4.83 Å². The van der Waals surface area contributed by atoms with Gasteiger partial charge in [0.2, 0.25) is 0 Å². The number of nitrogens with zero attached hydrogens (tertiary/aromatic N) is 1. The normalized spacial score (nSPS) is 13.0. The first-order valence-electron chi connectivity index (χ1n) is 3.71. The van der Waals surface area contributed by atoms with E-state index in [1.807, 2.05) is 30.3 Å². The van der Waals surface area contributed by atoms with Gasteiger partial charge in [0.15, 0.2) is 0 Å². The molecule has 2 aromatic rings. The molecule has 0 bridgehead atoms. The maximum Gasteiger partial charge on any atom is 0.274 e. The summed E-state index contributed by atoms with van der Waals surface area (Å²) in [4.78, 5) is 2.37. The highest BCUT2D eigenvalue weighted by atomic mass is 32.2. The van der Waals surface area contributed by atoms with Crippen LogP contribution in [-0.4, -0.2) is 13.4 Å². The molecule has 0 saturated heterocycles. The summed E-state index contributed by atoms with van der Waals surface area (Å²) >= 11 is -2.04. The number of aromatic nitrogens is 1. The molecule has 4 nitrogen and oxygen atoms in total. The summed E-state index contributed by atoms with van der Waals surface area (Å²) in [5, 5.41) is 1.03. The standard InChI is InChI=1S/C8H8N2O2S/c11-13(12)9-10-6-5-7-3-1-2-4-8(7)10/h1-6,9H,(H,11,12). The first kappa shape index (κ1) is 8.28. The Labute approximate surface area is 77.6 Å². The molecule has 1 unspecified atom stereocenters. The Bertz CT molecular complexity index is 452. The molecule has 0 spiro atoms. The van der Waals surface area contributed by atoms with Crippen molar-refractivity contribution in [2.45, 2.75) is 0 Å². The van der Waals surface area contributed by atoms with Crippen LogP contribution < -0.4 is 4.83 Å². The summed E-state index contributed by atoms with van der Waals surface area (Å²) in [6, 6.07) is 9.47. The van der Waals surface area contributed by atoms with Crippen LogP contribution in [-0.2, 0) is 11.3 Å². The van der Waals surface area contributed by atoms with Crippen molar-refractivity contribution in [1.29, 1.82) is 0 Å². The fraction of sp³-hybridized carbons (Fsp3) is 0. The van der Waals surface area contributed by atoms with Gasteiger partial charge in [-0.15, -0.1) is 0 Å². The molecule has 0 aliphatic carbocycles. The van der Waals surface area contributed by atoms with E-state index in [0.717, 1.165) is 10.9 Å². The minimum Gasteiger partial charge on any atom is -0.288 e. The third-order valence-corrected chi connectivity index (χ3v) is 2.13. The monoisotopic (exact) mass is 196 g/mol. The smallest absolute Gasteiger partial charge is 0.274 e. The molecule has 0 radical (unpaired) electrons. The Morgan fingerprint density at radius 3 is 2.85 bits per heavy atom. The van der Waals surface area contributed by atoms with E-state index >= 15 is 0 Å². The fourth-order valence-corrected chi connectivity index (χ4v) is 1.57. The third-order valence-electron chi connectivity index (χ3n) is 1.78. The molecule has 2 rings (SSSR count). The van der Waals surface area contributed by atoms with Gasteiger partial charge in [0.25, 0.3) is 11.3 Å². The van der Waals surface area contributed by atoms with Crippen LogP contribution in [0.4, 0.5) is 0 Å². The van der Waals surface area contributed by atoms with Crippen molar-refractivity contribution >= 4 is 22.2 Å². The Morgan fingerprint density at radius 2 is 2.08 bits per heavy atom. The summed E-state index contributed by atoms with van der Waals surface area (Å²) in [7, 11) is 0. The fourth-order valence-electron chi connectivity index (χ4n) is 1.25. The van der Waals surface area contributed by atoms with Crippen LogP contribution in [0.1, 0.15) is 0 Å². The lowest BCUT2D eigenvalue weighted by molar-refractivity contribution is 0.564. The molecular weight excluding hydrogens is 188 g/mol. The lowest BCUT2D eigenvalue weighted by Gasteiger charge is -2.03. The van der Waals surface area contributed by atoms with Gasteiger partial charge in [-0.1, -0.05) is 18.2 Å². The van der Waals surface area contributed by atoms with Gasteiger partial charge < -0.3 is 0 Å². The molecule has 0 amide bonds. The summed E-state index contributed by atoms with van der Waals surface area (Å²) in [5.74, 6) is 0. The second-order valence-electron chi connectivity index (χ2n) is 2.58. The largest absolute Gasteiger partial charge is 0.288 e. The molecule has 0 aliphatic rings. The summed E-state index contributed by atoms with van der Waals surface area (Å²) in [6.45, 7) is 0. The zero-order valence-corrected chi connectivity index (χ0v) is 7.49. The number of benzene rings is 1. The molecule has 1 aromatic carbocycles. The zero-order valence-electron chi connectivity index (χ0n) is 6.68. The van der Waals surface area contributed by atoms with Crippen molar-refractivity contribution in [3.63, 3.8) is 0 Å². The Hall–Kier alpha value is -1.33. The Kier molecular flexibility index (Phi) is 2.03. The predicted molar refractivity (Wildman–Crippen MR) is 52.1 cm³/mol. The van der Waals surface area contributed by atoms with Crippen molar-refractivity contribution in [3.05, 3.63) is 36.5 Å². The van der Waals surface area contributed by atoms with E-state index in [1.165, 1.54) is 4.68 Å². The SMILES string of the molecule is O=S(O)Nn1ccc2ccccc21. The zero-order chi connectivity index (χ0) is 9.26. The van der Waals surface area contributed by atoms with Crippen LogP contribution in [0, 0.1) is 0 Å². The molecule has 0 aliphatic heterocycles. The number of hydrogen-bond acceptors (Lipinski definition) is 1. The van der Waals surface area contributed by atoms with Crippen LogP contribution >= 0.6 is 0 Å². The van der Waals surface area contributed by atoms with Crippen molar-refractivity contribution < 1.29 is 8.76 Å². The quantitative estimate of drug-likeness (QED) is 0.712. The molecule has 1 atom stereocenters. The highest BCUT2D eigenvalue weighted by Gasteiger charge is 1.99. The van der Waals surface area contributed by atoms with E-state index < -0.39 is 11.3 Å². The average molecular weight is 196 g/mol. The van der Waals surface area contributed by atoms with Crippen LogP contribution in [0.15, 0.2) is 36.5 Å². The molecule has 1 aromatic heterocycles. The summed E-state index contributed by atoms with van der Waals surface area (Å²) in [6.07, 6.45) is 1.71. The van der Waals surface area contributed by atoms with Crippen molar-refractivity contribution in [2.24, 2.45) is 0 Å². The first-order chi connectivity index (χ1) is 6.27. The van der Waals surface area contributed by atoms with Crippen LogP contribution in [0.25, 0.3) is 10.9 Å². The summed E-state index contributed by atoms with van der Waals surface area (Å²) < 4.78 is 20.6. The topological polar surface area (TPSA) is 54.3 Å². The lowest BCUT2D eigenvalue weighted by Crippen LogP contribution is -2.14. The molecular formula is C8H8N2O2S. The van der Waals surface area contributed by atoms with E-state index in [2.05, 4.69) is 4.83 Å². The number of rotatable bonds is 2. The van der Waals surface area contributed by atoms with Gasteiger partial charge in [-0.25, -0.2) is 9.04 Å². The highest BCUT2D eigenvalue weighted by Crippen LogP contribution is 2.13. The van der Waals surface area contributed by atoms with E-state index in [4.69, 9.17) is 4.55 Å². The number of fused-ring (bicyclic) bond motifs is 1. The van der Waals surface area contributed by atoms with Crippen molar-refractivity contribution in [3.8, 4) is 0 Å². The van der Waals surface area contributed by atoms with Gasteiger partial charge in [0.05, 0.1) is 5.52 Å². The number of para-hydroxylation sites is 1. The number of hydrogen-bond donors (Lipinski definition) is 2. The maximum atomic E-state index is 10.5. The van der Waals surface area contributed by atoms with E-state index in [0.29, 0.717) is 0 Å². The molecule has 68 valence electrons. The van der Waals surface area contributed by atoms with Gasteiger partial charge in [0, 0.05) is 11.6 Å². The van der Waals surface area contributed by atoms with Crippen LogP contribution in [0.3, 0.4) is 0 Å². The predicted octanol–water partition coefficient (Wildman–Crippen LogP) is 1.32. The van der Waals surface area contributed by atoms with E-state index in [1.54, 1.807) is 6.20 Å². The minimum absolute atomic E-state index is 0.880. The summed E-state index contributed by atoms with van der Waals surface area (Å²) in [5.41, 5.74) is 0.880. The molecule has 1 heterocycles. The third kappa shape index (κ3) is 1.56. The lowest BCUT2D eigenvalue weighted by atomic mass is 10.3. The van der Waals surface area contributed by atoms with Gasteiger partial charge in [0.1, 0.15) is 0 Å². The average Bonchev–Trinajstić information content (AvgIpc) is 2.48. The second kappa shape index (κ2) is 3.20. The highest BCUT2D eigenvalue weighted by molar-refractivity contribution is 7.80. The minimum atomic E-state index is -2.04. The first-order valence-corrected chi connectivity index (χ1v) is 4.81. The number of nitrogens with one attached hydrogen (secondary N) is 1. The molecule has 0 fully saturated rings. The molecule has 5 heteroatoms. The van der Waals surface area contributed by atoms with Crippen LogP contribution in [0.5, 0.6) is 0 Å².